The van der Waals surface area contributed by atoms with E-state index in [1.54, 1.807) is 0 Å². The Kier molecular flexibility index (Phi) is 11.3. The molecule has 2 amide bonds. The SMILES string of the molecule is CC1C[C@H](C)[C@@H](OC2C[C@@H](N(C)C)C[C@@H](C)O2)C(C)(O)CCCN(C(=O)C2CC2)CCC(/C=C/c2c[nH]c3ccccc23)NC1=O. The lowest BCUT2D eigenvalue weighted by atomic mass is 9.81. The van der Waals surface area contributed by atoms with Crippen LogP contribution in [0.15, 0.2) is 36.5 Å². The number of para-hydroxylation sites is 1. The maximum atomic E-state index is 13.7. The minimum absolute atomic E-state index is 0.0360. The van der Waals surface area contributed by atoms with Crippen LogP contribution in [0, 0.1) is 17.8 Å². The van der Waals surface area contributed by atoms with Gasteiger partial charge in [0.05, 0.1) is 17.8 Å². The van der Waals surface area contributed by atoms with Gasteiger partial charge in [-0.1, -0.05) is 44.2 Å². The lowest BCUT2D eigenvalue weighted by Gasteiger charge is -2.43. The molecule has 0 spiro atoms. The van der Waals surface area contributed by atoms with E-state index in [1.807, 2.05) is 37.1 Å². The van der Waals surface area contributed by atoms with E-state index in [0.29, 0.717) is 44.8 Å². The molecule has 3 fully saturated rings. The van der Waals surface area contributed by atoms with Gasteiger partial charge in [0, 0.05) is 60.5 Å². The molecule has 3 N–H and O–H groups in total. The molecule has 4 unspecified atom stereocenters. The zero-order valence-corrected chi connectivity index (χ0v) is 28.7. The van der Waals surface area contributed by atoms with Gasteiger partial charge in [-0.15, -0.1) is 0 Å². The average molecular weight is 637 g/mol. The average Bonchev–Trinajstić information content (AvgIpc) is 3.78. The number of nitrogens with one attached hydrogen (secondary N) is 2. The van der Waals surface area contributed by atoms with Crippen molar-refractivity contribution in [2.45, 2.75) is 115 Å². The fraction of sp³-hybridized carbons (Fsp3) is 0.676. The molecule has 9 nitrogen and oxygen atoms in total. The molecule has 2 aliphatic heterocycles. The highest BCUT2D eigenvalue weighted by Crippen LogP contribution is 2.35. The number of amides is 2. The molecule has 1 aromatic carbocycles. The Morgan fingerprint density at radius 3 is 2.61 bits per heavy atom. The van der Waals surface area contributed by atoms with Gasteiger partial charge in [0.25, 0.3) is 0 Å². The molecule has 46 heavy (non-hydrogen) atoms. The van der Waals surface area contributed by atoms with Gasteiger partial charge in [0.1, 0.15) is 0 Å². The highest BCUT2D eigenvalue weighted by Gasteiger charge is 2.42. The predicted molar refractivity (Wildman–Crippen MR) is 182 cm³/mol. The minimum Gasteiger partial charge on any atom is -0.387 e. The van der Waals surface area contributed by atoms with Crippen molar-refractivity contribution < 1.29 is 24.2 Å². The molecular weight excluding hydrogens is 580 g/mol. The highest BCUT2D eigenvalue weighted by atomic mass is 16.7. The second kappa shape index (κ2) is 15.0. The number of carbonyl (C=O) groups excluding carboxylic acids is 2. The first kappa shape index (κ1) is 34.6. The lowest BCUT2D eigenvalue weighted by molar-refractivity contribution is -0.260. The summed E-state index contributed by atoms with van der Waals surface area (Å²) in [6.07, 6.45) is 11.1. The van der Waals surface area contributed by atoms with Crippen LogP contribution < -0.4 is 5.32 Å². The Bertz CT molecular complexity index is 1350. The molecule has 2 saturated heterocycles. The van der Waals surface area contributed by atoms with Crippen molar-refractivity contribution >= 4 is 28.8 Å². The van der Waals surface area contributed by atoms with Crippen LogP contribution in [-0.2, 0) is 19.1 Å². The Morgan fingerprint density at radius 2 is 1.87 bits per heavy atom. The number of benzene rings is 1. The predicted octanol–water partition coefficient (Wildman–Crippen LogP) is 5.34. The number of aromatic nitrogens is 1. The molecule has 1 aliphatic carbocycles. The zero-order chi connectivity index (χ0) is 33.0. The standard InChI is InChI=1S/C37H56N4O5/c1-24-20-25(2)35(42)39-29(15-14-28-23-38-32-11-8-7-10-31(28)32)16-19-41(36(43)27-12-13-27)18-9-17-37(4,44)34(24)46-33-22-30(40(5)6)21-26(3)45-33/h7-8,10-11,14-15,23-27,29-30,33-34,38,44H,9,12-13,16-22H2,1-6H3,(H,39,42)/b15-14+/t24-,25?,26+,29?,30-,33?,34+,37?/m0/s1. The number of carbonyl (C=O) groups is 2. The van der Waals surface area contributed by atoms with Gasteiger partial charge in [-0.05, 0) is 90.4 Å². The lowest BCUT2D eigenvalue weighted by Crippen LogP contribution is -2.51. The number of fused-ring (bicyclic) bond motifs is 1. The van der Waals surface area contributed by atoms with E-state index in [9.17, 15) is 14.7 Å². The number of hydrogen-bond donors (Lipinski definition) is 3. The quantitative estimate of drug-likeness (QED) is 0.395. The van der Waals surface area contributed by atoms with Gasteiger partial charge in [-0.3, -0.25) is 9.59 Å². The van der Waals surface area contributed by atoms with E-state index < -0.39 is 18.0 Å². The molecule has 3 heterocycles. The van der Waals surface area contributed by atoms with Crippen molar-refractivity contribution in [1.82, 2.24) is 20.1 Å². The van der Waals surface area contributed by atoms with E-state index in [0.717, 1.165) is 42.1 Å². The molecule has 8 atom stereocenters. The number of rotatable bonds is 6. The largest absolute Gasteiger partial charge is 0.387 e. The fourth-order valence-electron chi connectivity index (χ4n) is 7.41. The van der Waals surface area contributed by atoms with Crippen LogP contribution in [0.2, 0.25) is 0 Å². The van der Waals surface area contributed by atoms with Gasteiger partial charge in [0.2, 0.25) is 11.8 Å². The van der Waals surface area contributed by atoms with Crippen molar-refractivity contribution in [3.05, 3.63) is 42.1 Å². The minimum atomic E-state index is -1.16. The van der Waals surface area contributed by atoms with Crippen molar-refractivity contribution in [1.29, 1.82) is 0 Å². The third-order valence-corrected chi connectivity index (χ3v) is 10.3. The Balaban J connectivity index is 1.37. The molecule has 1 aromatic heterocycles. The van der Waals surface area contributed by atoms with Crippen molar-refractivity contribution in [3.8, 4) is 0 Å². The van der Waals surface area contributed by atoms with Gasteiger partial charge in [0.15, 0.2) is 6.29 Å². The van der Waals surface area contributed by atoms with Crippen LogP contribution in [0.3, 0.4) is 0 Å². The first-order chi connectivity index (χ1) is 21.9. The summed E-state index contributed by atoms with van der Waals surface area (Å²) in [6.45, 7) is 9.05. The van der Waals surface area contributed by atoms with Crippen LogP contribution in [0.25, 0.3) is 17.0 Å². The summed E-state index contributed by atoms with van der Waals surface area (Å²) in [7, 11) is 4.16. The maximum Gasteiger partial charge on any atom is 0.225 e. The monoisotopic (exact) mass is 636 g/mol. The van der Waals surface area contributed by atoms with Crippen molar-refractivity contribution in [2.75, 3.05) is 27.2 Å². The number of nitrogens with zero attached hydrogens (tertiary/aromatic N) is 2. The molecule has 0 radical (unpaired) electrons. The van der Waals surface area contributed by atoms with Gasteiger partial charge < -0.3 is 34.7 Å². The van der Waals surface area contributed by atoms with Crippen LogP contribution >= 0.6 is 0 Å². The van der Waals surface area contributed by atoms with Crippen LogP contribution in [0.4, 0.5) is 0 Å². The summed E-state index contributed by atoms with van der Waals surface area (Å²) in [6, 6.07) is 8.27. The summed E-state index contributed by atoms with van der Waals surface area (Å²) in [5.74, 6) is -0.159. The highest BCUT2D eigenvalue weighted by molar-refractivity contribution is 5.89. The zero-order valence-electron chi connectivity index (χ0n) is 28.7. The molecule has 1 saturated carbocycles. The Hall–Kier alpha value is -2.72. The van der Waals surface area contributed by atoms with Crippen molar-refractivity contribution in [2.24, 2.45) is 17.8 Å². The fourth-order valence-corrected chi connectivity index (χ4v) is 7.41. The Morgan fingerprint density at radius 1 is 1.11 bits per heavy atom. The molecule has 3 aliphatic rings. The van der Waals surface area contributed by atoms with E-state index >= 15 is 0 Å². The third-order valence-electron chi connectivity index (χ3n) is 10.3. The summed E-state index contributed by atoms with van der Waals surface area (Å²) < 4.78 is 12.9. The molecule has 0 bridgehead atoms. The van der Waals surface area contributed by atoms with E-state index in [1.165, 1.54) is 0 Å². The first-order valence-electron chi connectivity index (χ1n) is 17.4. The second-order valence-electron chi connectivity index (χ2n) is 14.7. The van der Waals surface area contributed by atoms with Crippen LogP contribution in [0.1, 0.15) is 84.6 Å². The van der Waals surface area contributed by atoms with Crippen LogP contribution in [-0.4, -0.2) is 95.1 Å². The first-order valence-corrected chi connectivity index (χ1v) is 17.4. The molecule has 5 rings (SSSR count). The van der Waals surface area contributed by atoms with E-state index in [4.69, 9.17) is 9.47 Å². The van der Waals surface area contributed by atoms with Gasteiger partial charge in [-0.2, -0.15) is 0 Å². The molecule has 9 heteroatoms. The molecule has 2 aromatic rings. The topological polar surface area (TPSA) is 107 Å². The smallest absolute Gasteiger partial charge is 0.225 e. The van der Waals surface area contributed by atoms with Crippen LogP contribution in [0.5, 0.6) is 0 Å². The summed E-state index contributed by atoms with van der Waals surface area (Å²) in [5, 5.41) is 16.4. The second-order valence-corrected chi connectivity index (χ2v) is 14.7. The van der Waals surface area contributed by atoms with E-state index in [2.05, 4.69) is 67.4 Å². The molecule has 254 valence electrons. The third kappa shape index (κ3) is 8.79. The molecular formula is C37H56N4O5. The summed E-state index contributed by atoms with van der Waals surface area (Å²) in [4.78, 5) is 34.6. The number of H-pyrrole nitrogens is 1. The van der Waals surface area contributed by atoms with Gasteiger partial charge in [-0.25, -0.2) is 0 Å². The number of aliphatic hydroxyl groups is 1. The summed E-state index contributed by atoms with van der Waals surface area (Å²) in [5.41, 5.74) is 0.977. The van der Waals surface area contributed by atoms with Crippen molar-refractivity contribution in [3.63, 3.8) is 0 Å². The maximum absolute atomic E-state index is 13.7. The Labute approximate surface area is 275 Å². The normalized spacial score (nSPS) is 34.1. The van der Waals surface area contributed by atoms with E-state index in [-0.39, 0.29) is 41.7 Å². The van der Waals surface area contributed by atoms with Gasteiger partial charge >= 0.3 is 0 Å². The number of hydrogen-bond acceptors (Lipinski definition) is 6. The number of ether oxygens (including phenoxy) is 2. The number of aromatic amines is 1. The summed E-state index contributed by atoms with van der Waals surface area (Å²) >= 11 is 0.